The lowest BCUT2D eigenvalue weighted by molar-refractivity contribution is 1.05. The Hall–Kier alpha value is -2.20. The second-order valence-electron chi connectivity index (χ2n) is 3.85. The van der Waals surface area contributed by atoms with E-state index in [9.17, 15) is 4.79 Å². The second kappa shape index (κ2) is 4.23. The van der Waals surface area contributed by atoms with Crippen LogP contribution >= 0.6 is 11.6 Å². The summed E-state index contributed by atoms with van der Waals surface area (Å²) in [5.74, 6) is 0. The molecule has 0 atom stereocenters. The molecule has 0 fully saturated rings. The fourth-order valence-electron chi connectivity index (χ4n) is 1.85. The Kier molecular flexibility index (Phi) is 2.57. The molecule has 4 nitrogen and oxygen atoms in total. The molecule has 1 aromatic carbocycles. The van der Waals surface area contributed by atoms with Crippen molar-refractivity contribution < 1.29 is 0 Å². The number of H-pyrrole nitrogens is 1. The van der Waals surface area contributed by atoms with Crippen molar-refractivity contribution in [1.82, 2.24) is 15.2 Å². The molecular weight excluding hydrogens is 250 g/mol. The van der Waals surface area contributed by atoms with Gasteiger partial charge in [0.05, 0.1) is 11.7 Å². The van der Waals surface area contributed by atoms with Crippen LogP contribution in [0.4, 0.5) is 0 Å². The normalized spacial score (nSPS) is 10.7. The van der Waals surface area contributed by atoms with Crippen LogP contribution in [-0.4, -0.2) is 15.2 Å². The fraction of sp³-hybridized carbons (Fsp3) is 0. The Bertz CT molecular complexity index is 782. The second-order valence-corrected chi connectivity index (χ2v) is 4.29. The summed E-state index contributed by atoms with van der Waals surface area (Å²) in [6.45, 7) is 0. The van der Waals surface area contributed by atoms with Crippen LogP contribution in [0.3, 0.4) is 0 Å². The Balaban J connectivity index is 2.33. The lowest BCUT2D eigenvalue weighted by atomic mass is 10.1. The Morgan fingerprint density at radius 2 is 2.06 bits per heavy atom. The van der Waals surface area contributed by atoms with Crippen LogP contribution < -0.4 is 5.56 Å². The molecule has 0 saturated carbocycles. The summed E-state index contributed by atoms with van der Waals surface area (Å²) in [7, 11) is 0. The third-order valence-corrected chi connectivity index (χ3v) is 2.88. The third kappa shape index (κ3) is 1.87. The van der Waals surface area contributed by atoms with Crippen molar-refractivity contribution >= 4 is 22.5 Å². The molecule has 0 amide bonds. The van der Waals surface area contributed by atoms with Crippen LogP contribution in [0.5, 0.6) is 0 Å². The van der Waals surface area contributed by atoms with Gasteiger partial charge in [-0.25, -0.2) is 0 Å². The van der Waals surface area contributed by atoms with Crippen molar-refractivity contribution in [2.75, 3.05) is 0 Å². The highest BCUT2D eigenvalue weighted by Gasteiger charge is 2.07. The molecule has 3 aromatic rings. The van der Waals surface area contributed by atoms with E-state index in [0.717, 1.165) is 10.9 Å². The zero-order valence-electron chi connectivity index (χ0n) is 9.22. The third-order valence-electron chi connectivity index (χ3n) is 2.65. The predicted octanol–water partition coefficient (Wildman–Crippen LogP) is 2.64. The Morgan fingerprint density at radius 3 is 2.89 bits per heavy atom. The minimum Gasteiger partial charge on any atom is -0.320 e. The maximum absolute atomic E-state index is 11.3. The van der Waals surface area contributed by atoms with Gasteiger partial charge in [0, 0.05) is 22.0 Å². The number of fused-ring (bicyclic) bond motifs is 1. The average molecular weight is 258 g/mol. The summed E-state index contributed by atoms with van der Waals surface area (Å²) in [5, 5.41) is 9.49. The maximum atomic E-state index is 11.3. The first-order valence-electron chi connectivity index (χ1n) is 5.35. The number of nitrogens with zero attached hydrogens (tertiary/aromatic N) is 2. The number of aromatic nitrogens is 3. The Morgan fingerprint density at radius 1 is 1.17 bits per heavy atom. The number of halogens is 1. The molecule has 1 N–H and O–H groups in total. The number of hydrogen-bond acceptors (Lipinski definition) is 3. The minimum absolute atomic E-state index is 0.160. The van der Waals surface area contributed by atoms with Crippen molar-refractivity contribution in [2.24, 2.45) is 0 Å². The number of pyridine rings is 1. The molecule has 5 heteroatoms. The number of hydrogen-bond donors (Lipinski definition) is 1. The molecule has 0 aliphatic rings. The van der Waals surface area contributed by atoms with E-state index in [2.05, 4.69) is 15.2 Å². The number of rotatable bonds is 1. The van der Waals surface area contributed by atoms with Gasteiger partial charge in [-0.05, 0) is 18.2 Å². The molecule has 0 unspecified atom stereocenters. The maximum Gasteiger partial charge on any atom is 0.248 e. The van der Waals surface area contributed by atoms with Crippen LogP contribution in [-0.2, 0) is 0 Å². The molecule has 2 heterocycles. The molecule has 0 saturated heterocycles. The first-order valence-corrected chi connectivity index (χ1v) is 5.72. The van der Waals surface area contributed by atoms with Crippen molar-refractivity contribution in [3.8, 4) is 11.3 Å². The molecule has 88 valence electrons. The van der Waals surface area contributed by atoms with Crippen LogP contribution in [0.15, 0.2) is 47.4 Å². The summed E-state index contributed by atoms with van der Waals surface area (Å²) in [6, 6.07) is 10.6. The van der Waals surface area contributed by atoms with Crippen LogP contribution in [0, 0.1) is 0 Å². The molecule has 3 rings (SSSR count). The number of benzene rings is 1. The highest BCUT2D eigenvalue weighted by atomic mass is 35.5. The van der Waals surface area contributed by atoms with Gasteiger partial charge in [-0.1, -0.05) is 23.7 Å². The van der Waals surface area contributed by atoms with E-state index in [-0.39, 0.29) is 5.56 Å². The monoisotopic (exact) mass is 257 g/mol. The molecular formula is C13H8ClN3O. The van der Waals surface area contributed by atoms with E-state index in [4.69, 9.17) is 11.6 Å². The van der Waals surface area contributed by atoms with Gasteiger partial charge in [0.1, 0.15) is 5.69 Å². The van der Waals surface area contributed by atoms with Gasteiger partial charge in [-0.15, -0.1) is 5.10 Å². The molecule has 2 aromatic heterocycles. The highest BCUT2D eigenvalue weighted by molar-refractivity contribution is 6.30. The molecule has 0 aliphatic heterocycles. The van der Waals surface area contributed by atoms with E-state index in [1.54, 1.807) is 12.1 Å². The number of nitrogens with one attached hydrogen (secondary N) is 1. The lowest BCUT2D eigenvalue weighted by Gasteiger charge is -2.04. The molecule has 0 spiro atoms. The lowest BCUT2D eigenvalue weighted by Crippen LogP contribution is -2.04. The smallest absolute Gasteiger partial charge is 0.248 e. The quantitative estimate of drug-likeness (QED) is 0.729. The van der Waals surface area contributed by atoms with Crippen LogP contribution in [0.2, 0.25) is 5.02 Å². The van der Waals surface area contributed by atoms with Gasteiger partial charge in [-0.3, -0.25) is 4.79 Å². The summed E-state index contributed by atoms with van der Waals surface area (Å²) in [4.78, 5) is 14.0. The zero-order chi connectivity index (χ0) is 12.5. The van der Waals surface area contributed by atoms with Gasteiger partial charge in [0.15, 0.2) is 0 Å². The molecule has 18 heavy (non-hydrogen) atoms. The highest BCUT2D eigenvalue weighted by Crippen LogP contribution is 2.25. The molecule has 0 radical (unpaired) electrons. The van der Waals surface area contributed by atoms with Gasteiger partial charge < -0.3 is 4.98 Å². The summed E-state index contributed by atoms with van der Waals surface area (Å²) >= 11 is 5.97. The zero-order valence-corrected chi connectivity index (χ0v) is 9.98. The van der Waals surface area contributed by atoms with Crippen molar-refractivity contribution in [3.63, 3.8) is 0 Å². The van der Waals surface area contributed by atoms with Gasteiger partial charge >= 0.3 is 0 Å². The predicted molar refractivity (Wildman–Crippen MR) is 70.6 cm³/mol. The Labute approximate surface area is 107 Å². The average Bonchev–Trinajstić information content (AvgIpc) is 2.37. The summed E-state index contributed by atoms with van der Waals surface area (Å²) in [5.41, 5.74) is 2.07. The largest absolute Gasteiger partial charge is 0.320 e. The summed E-state index contributed by atoms with van der Waals surface area (Å²) < 4.78 is 0. The number of aromatic amines is 1. The topological polar surface area (TPSA) is 58.6 Å². The van der Waals surface area contributed by atoms with E-state index < -0.39 is 0 Å². The first-order chi connectivity index (χ1) is 8.74. The molecule has 0 aliphatic carbocycles. The minimum atomic E-state index is -0.160. The van der Waals surface area contributed by atoms with Gasteiger partial charge in [0.25, 0.3) is 0 Å². The van der Waals surface area contributed by atoms with E-state index in [1.807, 2.05) is 18.2 Å². The van der Waals surface area contributed by atoms with E-state index in [0.29, 0.717) is 16.2 Å². The van der Waals surface area contributed by atoms with E-state index in [1.165, 1.54) is 12.3 Å². The van der Waals surface area contributed by atoms with Crippen LogP contribution in [0.25, 0.3) is 22.2 Å². The SMILES string of the molecule is O=c1ccc2c(-c3cccc(Cl)c3)nncc2[nH]1. The fourth-order valence-corrected chi connectivity index (χ4v) is 2.04. The van der Waals surface area contributed by atoms with Gasteiger partial charge in [-0.2, -0.15) is 5.10 Å². The van der Waals surface area contributed by atoms with Gasteiger partial charge in [0.2, 0.25) is 5.56 Å². The van der Waals surface area contributed by atoms with Crippen molar-refractivity contribution in [3.05, 3.63) is 58.0 Å². The molecule has 0 bridgehead atoms. The van der Waals surface area contributed by atoms with Crippen molar-refractivity contribution in [1.29, 1.82) is 0 Å². The summed E-state index contributed by atoms with van der Waals surface area (Å²) in [6.07, 6.45) is 1.53. The van der Waals surface area contributed by atoms with Crippen LogP contribution in [0.1, 0.15) is 0 Å². The van der Waals surface area contributed by atoms with Crippen molar-refractivity contribution in [2.45, 2.75) is 0 Å². The standard InChI is InChI=1S/C13H8ClN3O/c14-9-3-1-2-8(6-9)13-10-4-5-12(18)16-11(10)7-15-17-13/h1-7H,(H,16,18). The van der Waals surface area contributed by atoms with E-state index >= 15 is 0 Å². The first kappa shape index (κ1) is 10.9.